The van der Waals surface area contributed by atoms with Crippen LogP contribution < -0.4 is 9.64 Å². The van der Waals surface area contributed by atoms with E-state index in [1.807, 2.05) is 29.2 Å². The molecular formula is C20H24N2O2. The van der Waals surface area contributed by atoms with Crippen molar-refractivity contribution < 1.29 is 9.53 Å². The van der Waals surface area contributed by atoms with Gasteiger partial charge in [0.1, 0.15) is 5.75 Å². The van der Waals surface area contributed by atoms with Gasteiger partial charge in [-0.15, -0.1) is 0 Å². The Morgan fingerprint density at radius 2 is 1.67 bits per heavy atom. The average molecular weight is 324 g/mol. The predicted octanol–water partition coefficient (Wildman–Crippen LogP) is 3.22. The van der Waals surface area contributed by atoms with Crippen molar-refractivity contribution >= 4 is 11.6 Å². The molecule has 2 aromatic rings. The Morgan fingerprint density at radius 1 is 1.00 bits per heavy atom. The van der Waals surface area contributed by atoms with Crippen LogP contribution in [0.1, 0.15) is 22.8 Å². The van der Waals surface area contributed by atoms with Gasteiger partial charge >= 0.3 is 0 Å². The second-order valence-corrected chi connectivity index (χ2v) is 6.00. The number of anilines is 1. The molecular weight excluding hydrogens is 300 g/mol. The zero-order valence-corrected chi connectivity index (χ0v) is 14.4. The van der Waals surface area contributed by atoms with Crippen LogP contribution in [0, 0.1) is 0 Å². The van der Waals surface area contributed by atoms with Crippen LogP contribution in [0.2, 0.25) is 0 Å². The molecule has 1 aliphatic rings. The highest BCUT2D eigenvalue weighted by molar-refractivity contribution is 5.97. The molecule has 0 unspecified atom stereocenters. The van der Waals surface area contributed by atoms with E-state index in [0.717, 1.165) is 32.6 Å². The summed E-state index contributed by atoms with van der Waals surface area (Å²) in [5.41, 5.74) is 3.22. The molecule has 0 spiro atoms. The number of amides is 1. The second-order valence-electron chi connectivity index (χ2n) is 6.00. The van der Waals surface area contributed by atoms with E-state index in [1.54, 1.807) is 7.11 Å². The van der Waals surface area contributed by atoms with E-state index < -0.39 is 0 Å². The number of para-hydroxylation sites is 1. The highest BCUT2D eigenvalue weighted by atomic mass is 16.5. The Hall–Kier alpha value is -2.49. The summed E-state index contributed by atoms with van der Waals surface area (Å²) in [6, 6.07) is 16.1. The van der Waals surface area contributed by atoms with E-state index in [2.05, 4.69) is 36.1 Å². The standard InChI is InChI=1S/C20H24N2O2/c1-3-16-8-10-17(11-9-16)21-12-14-22(15-13-21)20(23)18-6-4-5-7-19(18)24-2/h4-11H,3,12-15H2,1-2H3. The minimum atomic E-state index is 0.0495. The summed E-state index contributed by atoms with van der Waals surface area (Å²) < 4.78 is 5.31. The summed E-state index contributed by atoms with van der Waals surface area (Å²) in [5.74, 6) is 0.688. The highest BCUT2D eigenvalue weighted by Gasteiger charge is 2.24. The van der Waals surface area contributed by atoms with Crippen molar-refractivity contribution in [2.75, 3.05) is 38.2 Å². The molecule has 0 aromatic heterocycles. The molecule has 0 aliphatic carbocycles. The summed E-state index contributed by atoms with van der Waals surface area (Å²) in [5, 5.41) is 0. The molecule has 1 heterocycles. The predicted molar refractivity (Wildman–Crippen MR) is 96.9 cm³/mol. The quantitative estimate of drug-likeness (QED) is 0.866. The lowest BCUT2D eigenvalue weighted by Gasteiger charge is -2.36. The summed E-state index contributed by atoms with van der Waals surface area (Å²) in [6.45, 7) is 5.33. The van der Waals surface area contributed by atoms with Crippen LogP contribution in [0.25, 0.3) is 0 Å². The van der Waals surface area contributed by atoms with Gasteiger partial charge in [-0.05, 0) is 36.2 Å². The van der Waals surface area contributed by atoms with Gasteiger partial charge in [0.25, 0.3) is 5.91 Å². The van der Waals surface area contributed by atoms with Crippen molar-refractivity contribution in [3.63, 3.8) is 0 Å². The first kappa shape index (κ1) is 16.4. The van der Waals surface area contributed by atoms with Gasteiger partial charge in [0, 0.05) is 31.9 Å². The smallest absolute Gasteiger partial charge is 0.257 e. The second kappa shape index (κ2) is 7.39. The number of hydrogen-bond donors (Lipinski definition) is 0. The Kier molecular flexibility index (Phi) is 5.04. The molecule has 1 fully saturated rings. The van der Waals surface area contributed by atoms with Crippen LogP contribution in [0.5, 0.6) is 5.75 Å². The lowest BCUT2D eigenvalue weighted by Crippen LogP contribution is -2.48. The molecule has 0 atom stereocenters. The van der Waals surface area contributed by atoms with Crippen molar-refractivity contribution in [2.24, 2.45) is 0 Å². The van der Waals surface area contributed by atoms with E-state index in [0.29, 0.717) is 11.3 Å². The van der Waals surface area contributed by atoms with E-state index >= 15 is 0 Å². The van der Waals surface area contributed by atoms with Gasteiger partial charge in [0.15, 0.2) is 0 Å². The molecule has 4 heteroatoms. The van der Waals surface area contributed by atoms with Gasteiger partial charge in [0.2, 0.25) is 0 Å². The summed E-state index contributed by atoms with van der Waals surface area (Å²) in [7, 11) is 1.60. The lowest BCUT2D eigenvalue weighted by atomic mass is 10.1. The third-order valence-electron chi connectivity index (χ3n) is 4.61. The molecule has 0 saturated carbocycles. The Balaban J connectivity index is 1.65. The number of carbonyl (C=O) groups is 1. The van der Waals surface area contributed by atoms with Gasteiger partial charge in [-0.1, -0.05) is 31.2 Å². The van der Waals surface area contributed by atoms with Crippen LogP contribution >= 0.6 is 0 Å². The van der Waals surface area contributed by atoms with Crippen LogP contribution in [-0.4, -0.2) is 44.1 Å². The first-order valence-corrected chi connectivity index (χ1v) is 8.49. The molecule has 3 rings (SSSR count). The third-order valence-corrected chi connectivity index (χ3v) is 4.61. The first-order valence-electron chi connectivity index (χ1n) is 8.49. The fourth-order valence-corrected chi connectivity index (χ4v) is 3.10. The maximum atomic E-state index is 12.7. The molecule has 2 aromatic carbocycles. The number of methoxy groups -OCH3 is 1. The van der Waals surface area contributed by atoms with Crippen molar-refractivity contribution in [3.05, 3.63) is 59.7 Å². The Morgan fingerprint density at radius 3 is 2.29 bits per heavy atom. The summed E-state index contributed by atoms with van der Waals surface area (Å²) >= 11 is 0. The number of nitrogens with zero attached hydrogens (tertiary/aromatic N) is 2. The molecule has 1 saturated heterocycles. The normalized spacial score (nSPS) is 14.6. The van der Waals surface area contributed by atoms with Crippen molar-refractivity contribution in [3.8, 4) is 5.75 Å². The summed E-state index contributed by atoms with van der Waals surface area (Å²) in [4.78, 5) is 17.0. The SMILES string of the molecule is CCc1ccc(N2CCN(C(=O)c3ccccc3OC)CC2)cc1. The van der Waals surface area contributed by atoms with Crippen LogP contribution in [0.3, 0.4) is 0 Å². The third kappa shape index (κ3) is 3.37. The maximum absolute atomic E-state index is 12.7. The van der Waals surface area contributed by atoms with Crippen LogP contribution in [-0.2, 0) is 6.42 Å². The van der Waals surface area contributed by atoms with E-state index in [1.165, 1.54) is 11.3 Å². The monoisotopic (exact) mass is 324 g/mol. The maximum Gasteiger partial charge on any atom is 0.257 e. The fraction of sp³-hybridized carbons (Fsp3) is 0.350. The zero-order chi connectivity index (χ0) is 16.9. The zero-order valence-electron chi connectivity index (χ0n) is 14.4. The Labute approximate surface area is 143 Å². The first-order chi connectivity index (χ1) is 11.7. The molecule has 0 radical (unpaired) electrons. The summed E-state index contributed by atoms with van der Waals surface area (Å²) in [6.07, 6.45) is 1.06. The van der Waals surface area contributed by atoms with Crippen molar-refractivity contribution in [1.82, 2.24) is 4.90 Å². The average Bonchev–Trinajstić information content (AvgIpc) is 2.67. The van der Waals surface area contributed by atoms with Crippen LogP contribution in [0.15, 0.2) is 48.5 Å². The molecule has 4 nitrogen and oxygen atoms in total. The Bertz CT molecular complexity index is 689. The minimum Gasteiger partial charge on any atom is -0.496 e. The topological polar surface area (TPSA) is 32.8 Å². The number of hydrogen-bond acceptors (Lipinski definition) is 3. The van der Waals surface area contributed by atoms with Crippen molar-refractivity contribution in [2.45, 2.75) is 13.3 Å². The number of rotatable bonds is 4. The number of carbonyl (C=O) groups excluding carboxylic acids is 1. The largest absolute Gasteiger partial charge is 0.496 e. The molecule has 126 valence electrons. The van der Waals surface area contributed by atoms with E-state index in [-0.39, 0.29) is 5.91 Å². The fourth-order valence-electron chi connectivity index (χ4n) is 3.10. The van der Waals surface area contributed by atoms with Gasteiger partial charge < -0.3 is 14.5 Å². The molecule has 24 heavy (non-hydrogen) atoms. The molecule has 1 aliphatic heterocycles. The van der Waals surface area contributed by atoms with Crippen LogP contribution in [0.4, 0.5) is 5.69 Å². The van der Waals surface area contributed by atoms with E-state index in [9.17, 15) is 4.79 Å². The van der Waals surface area contributed by atoms with Gasteiger partial charge in [-0.25, -0.2) is 0 Å². The van der Waals surface area contributed by atoms with Gasteiger partial charge in [-0.3, -0.25) is 4.79 Å². The minimum absolute atomic E-state index is 0.0495. The lowest BCUT2D eigenvalue weighted by molar-refractivity contribution is 0.0743. The van der Waals surface area contributed by atoms with Gasteiger partial charge in [-0.2, -0.15) is 0 Å². The number of piperazine rings is 1. The molecule has 0 N–H and O–H groups in total. The number of benzene rings is 2. The highest BCUT2D eigenvalue weighted by Crippen LogP contribution is 2.22. The number of ether oxygens (including phenoxy) is 1. The van der Waals surface area contributed by atoms with E-state index in [4.69, 9.17) is 4.74 Å². The molecule has 0 bridgehead atoms. The van der Waals surface area contributed by atoms with Crippen molar-refractivity contribution in [1.29, 1.82) is 0 Å². The van der Waals surface area contributed by atoms with Gasteiger partial charge in [0.05, 0.1) is 12.7 Å². The number of aryl methyl sites for hydroxylation is 1. The molecule has 1 amide bonds.